The van der Waals surface area contributed by atoms with Gasteiger partial charge in [0.25, 0.3) is 5.88 Å². The summed E-state index contributed by atoms with van der Waals surface area (Å²) < 4.78 is 23.4. The van der Waals surface area contributed by atoms with Gasteiger partial charge in [0.2, 0.25) is 0 Å². The largest absolute Gasteiger partial charge is 0.491 e. The highest BCUT2D eigenvalue weighted by atomic mass is 16.5. The molecule has 1 atom stereocenters. The first-order valence-electron chi connectivity index (χ1n) is 10.5. The summed E-state index contributed by atoms with van der Waals surface area (Å²) in [6.45, 7) is 7.20. The van der Waals surface area contributed by atoms with Gasteiger partial charge >= 0.3 is 5.97 Å². The van der Waals surface area contributed by atoms with Gasteiger partial charge in [-0.1, -0.05) is 13.8 Å². The van der Waals surface area contributed by atoms with E-state index in [9.17, 15) is 9.59 Å². The van der Waals surface area contributed by atoms with Gasteiger partial charge in [-0.25, -0.2) is 9.78 Å². The number of nitrogens with zero attached hydrogens (tertiary/aromatic N) is 2. The average molecular weight is 431 g/mol. The van der Waals surface area contributed by atoms with Gasteiger partial charge in [0.15, 0.2) is 11.2 Å². The second kappa shape index (κ2) is 9.96. The van der Waals surface area contributed by atoms with Crippen LogP contribution in [0, 0.1) is 5.92 Å². The van der Waals surface area contributed by atoms with Crippen molar-refractivity contribution < 1.29 is 23.7 Å². The molecule has 0 amide bonds. The van der Waals surface area contributed by atoms with Gasteiger partial charge in [-0.15, -0.1) is 0 Å². The molecule has 2 aromatic rings. The number of rotatable bonds is 9. The maximum absolute atomic E-state index is 12.7. The first-order valence-corrected chi connectivity index (χ1v) is 10.5. The van der Waals surface area contributed by atoms with Crippen molar-refractivity contribution in [2.75, 3.05) is 34.0 Å². The highest BCUT2D eigenvalue weighted by Gasteiger charge is 2.30. The fourth-order valence-corrected chi connectivity index (χ4v) is 3.77. The molecule has 0 N–H and O–H groups in total. The molecule has 1 aliphatic heterocycles. The minimum atomic E-state index is -0.605. The zero-order chi connectivity index (χ0) is 22.5. The average Bonchev–Trinajstić information content (AvgIpc) is 2.75. The molecule has 8 nitrogen and oxygen atoms in total. The minimum Gasteiger partial charge on any atom is -0.491 e. The number of hydrogen-bond acceptors (Lipinski definition) is 7. The van der Waals surface area contributed by atoms with E-state index in [1.807, 2.05) is 10.6 Å². The van der Waals surface area contributed by atoms with E-state index in [4.69, 9.17) is 23.9 Å². The van der Waals surface area contributed by atoms with Crippen molar-refractivity contribution in [2.45, 2.75) is 39.7 Å². The van der Waals surface area contributed by atoms with Gasteiger partial charge in [-0.2, -0.15) is 0 Å². The molecular formula is C23H30N2O6. The first-order chi connectivity index (χ1) is 14.9. The van der Waals surface area contributed by atoms with Crippen LogP contribution in [0.1, 0.15) is 49.3 Å². The van der Waals surface area contributed by atoms with E-state index in [0.717, 1.165) is 17.7 Å². The van der Waals surface area contributed by atoms with Crippen molar-refractivity contribution >= 4 is 5.97 Å². The number of pyridine rings is 2. The van der Waals surface area contributed by atoms with E-state index in [0.29, 0.717) is 37.0 Å². The molecule has 0 aliphatic carbocycles. The Morgan fingerprint density at radius 1 is 1.26 bits per heavy atom. The molecule has 0 bridgehead atoms. The van der Waals surface area contributed by atoms with Crippen LogP contribution in [-0.4, -0.2) is 49.6 Å². The Morgan fingerprint density at radius 3 is 2.68 bits per heavy atom. The Balaban J connectivity index is 2.09. The molecule has 1 unspecified atom stereocenters. The summed E-state index contributed by atoms with van der Waals surface area (Å²) in [6.07, 6.45) is 3.00. The number of methoxy groups -OCH3 is 2. The highest BCUT2D eigenvalue weighted by Crippen LogP contribution is 2.40. The zero-order valence-electron chi connectivity index (χ0n) is 18.8. The molecule has 31 heavy (non-hydrogen) atoms. The summed E-state index contributed by atoms with van der Waals surface area (Å²) in [5.41, 5.74) is 2.00. The lowest BCUT2D eigenvalue weighted by atomic mass is 9.90. The van der Waals surface area contributed by atoms with Crippen molar-refractivity contribution in [3.8, 4) is 22.9 Å². The number of fused-ring (bicyclic) bond motifs is 3. The number of ether oxygens (including phenoxy) is 4. The molecule has 1 aliphatic rings. The van der Waals surface area contributed by atoms with Gasteiger partial charge in [-0.3, -0.25) is 4.79 Å². The third kappa shape index (κ3) is 4.74. The predicted molar refractivity (Wildman–Crippen MR) is 116 cm³/mol. The number of hydrogen-bond donors (Lipinski definition) is 0. The summed E-state index contributed by atoms with van der Waals surface area (Å²) in [6, 6.07) is 3.36. The Hall–Kier alpha value is -2.87. The number of carbonyl (C=O) groups is 1. The second-order valence-electron chi connectivity index (χ2n) is 7.76. The summed E-state index contributed by atoms with van der Waals surface area (Å²) in [4.78, 5) is 29.7. The lowest BCUT2D eigenvalue weighted by Crippen LogP contribution is -2.29. The molecule has 0 saturated heterocycles. The topological polar surface area (TPSA) is 88.9 Å². The quantitative estimate of drug-likeness (QED) is 0.446. The van der Waals surface area contributed by atoms with Crippen LogP contribution < -0.4 is 14.9 Å². The third-order valence-corrected chi connectivity index (χ3v) is 5.37. The van der Waals surface area contributed by atoms with Crippen LogP contribution in [0.15, 0.2) is 23.1 Å². The molecule has 2 aromatic heterocycles. The molecule has 0 fully saturated rings. The lowest BCUT2D eigenvalue weighted by molar-refractivity contribution is 0.0523. The molecule has 0 saturated carbocycles. The molecule has 0 spiro atoms. The Kier molecular flexibility index (Phi) is 7.33. The fourth-order valence-electron chi connectivity index (χ4n) is 3.77. The summed E-state index contributed by atoms with van der Waals surface area (Å²) in [7, 11) is 3.21. The van der Waals surface area contributed by atoms with Crippen LogP contribution in [0.3, 0.4) is 0 Å². The monoisotopic (exact) mass is 430 g/mol. The van der Waals surface area contributed by atoms with Crippen LogP contribution in [0.4, 0.5) is 0 Å². The van der Waals surface area contributed by atoms with Gasteiger partial charge < -0.3 is 23.5 Å². The molecule has 168 valence electrons. The van der Waals surface area contributed by atoms with E-state index in [1.165, 1.54) is 6.07 Å². The summed E-state index contributed by atoms with van der Waals surface area (Å²) in [5.74, 6) is 0.567. The van der Waals surface area contributed by atoms with Crippen molar-refractivity contribution in [1.82, 2.24) is 9.55 Å². The van der Waals surface area contributed by atoms with Crippen LogP contribution in [-0.2, 0) is 15.9 Å². The van der Waals surface area contributed by atoms with E-state index in [1.54, 1.807) is 27.3 Å². The molecule has 3 rings (SSSR count). The van der Waals surface area contributed by atoms with E-state index < -0.39 is 5.97 Å². The Bertz CT molecular complexity index is 998. The van der Waals surface area contributed by atoms with Gasteiger partial charge in [0.1, 0.15) is 5.56 Å². The second-order valence-corrected chi connectivity index (χ2v) is 7.76. The standard InChI is InChI=1S/C23H30N2O6/c1-6-30-23(27)16-13-25-18(14(2)3)11-17-15(19(25)12-20(16)26)10-21(29-5)22(24-17)31-9-7-8-28-4/h10,12-14,18H,6-9,11H2,1-5H3. The maximum Gasteiger partial charge on any atom is 0.343 e. The minimum absolute atomic E-state index is 0.0264. The van der Waals surface area contributed by atoms with Crippen LogP contribution in [0.5, 0.6) is 11.6 Å². The van der Waals surface area contributed by atoms with Crippen LogP contribution in [0.2, 0.25) is 0 Å². The van der Waals surface area contributed by atoms with Gasteiger partial charge in [-0.05, 0) is 18.9 Å². The van der Waals surface area contributed by atoms with Gasteiger partial charge in [0.05, 0.1) is 31.7 Å². The molecule has 8 heteroatoms. The van der Waals surface area contributed by atoms with Gasteiger partial charge in [0, 0.05) is 50.4 Å². The fraction of sp³-hybridized carbons (Fsp3) is 0.522. The predicted octanol–water partition coefficient (Wildman–Crippen LogP) is 3.26. The number of aromatic nitrogens is 2. The van der Waals surface area contributed by atoms with Crippen LogP contribution >= 0.6 is 0 Å². The van der Waals surface area contributed by atoms with Crippen molar-refractivity contribution in [3.05, 3.63) is 39.8 Å². The van der Waals surface area contributed by atoms with Crippen molar-refractivity contribution in [2.24, 2.45) is 5.92 Å². The van der Waals surface area contributed by atoms with Crippen LogP contribution in [0.25, 0.3) is 11.3 Å². The smallest absolute Gasteiger partial charge is 0.343 e. The normalized spacial score (nSPS) is 14.7. The van der Waals surface area contributed by atoms with E-state index in [-0.39, 0.29) is 29.6 Å². The molecule has 0 radical (unpaired) electrons. The Morgan fingerprint density at radius 2 is 2.03 bits per heavy atom. The molecular weight excluding hydrogens is 400 g/mol. The van der Waals surface area contributed by atoms with Crippen molar-refractivity contribution in [3.63, 3.8) is 0 Å². The number of carbonyl (C=O) groups excluding carboxylic acids is 1. The lowest BCUT2D eigenvalue weighted by Gasteiger charge is -2.33. The van der Waals surface area contributed by atoms with E-state index in [2.05, 4.69) is 13.8 Å². The molecule has 3 heterocycles. The first kappa shape index (κ1) is 22.8. The Labute approximate surface area is 182 Å². The number of esters is 1. The van der Waals surface area contributed by atoms with Crippen molar-refractivity contribution in [1.29, 1.82) is 0 Å². The highest BCUT2D eigenvalue weighted by molar-refractivity contribution is 5.89. The third-order valence-electron chi connectivity index (χ3n) is 5.37. The van der Waals surface area contributed by atoms with E-state index >= 15 is 0 Å². The summed E-state index contributed by atoms with van der Waals surface area (Å²) in [5, 5.41) is 0. The SMILES string of the molecule is CCOC(=O)c1cn2c(cc1=O)-c1cc(OC)c(OCCCOC)nc1CC2C(C)C. The maximum atomic E-state index is 12.7. The molecule has 0 aromatic carbocycles. The zero-order valence-corrected chi connectivity index (χ0v) is 18.8. The summed E-state index contributed by atoms with van der Waals surface area (Å²) >= 11 is 0.